The average molecular weight is 512 g/mol. The van der Waals surface area contributed by atoms with Crippen molar-refractivity contribution in [2.24, 2.45) is 20.5 Å². The minimum absolute atomic E-state index is 0.147. The Hall–Kier alpha value is -4.04. The van der Waals surface area contributed by atoms with Gasteiger partial charge in [0.05, 0.1) is 22.0 Å². The lowest BCUT2D eigenvalue weighted by Gasteiger charge is -2.07. The fraction of sp³-hybridized carbons (Fsp3) is 0. The third kappa shape index (κ3) is 5.55. The molecule has 0 aliphatic carbocycles. The summed E-state index contributed by atoms with van der Waals surface area (Å²) >= 11 is 0. The van der Waals surface area contributed by atoms with Gasteiger partial charge in [-0.15, -0.1) is 10.2 Å². The molecule has 4 rings (SSSR count). The van der Waals surface area contributed by atoms with E-state index in [1.807, 2.05) is 6.07 Å². The highest BCUT2D eigenvalue weighted by Gasteiger charge is 2.17. The van der Waals surface area contributed by atoms with E-state index in [9.17, 15) is 25.9 Å². The van der Waals surface area contributed by atoms with E-state index in [-0.39, 0.29) is 27.3 Å². The summed E-state index contributed by atoms with van der Waals surface area (Å²) in [5, 5.41) is 16.6. The molecule has 0 saturated heterocycles. The first-order valence-corrected chi connectivity index (χ1v) is 12.7. The minimum atomic E-state index is -4.71. The van der Waals surface area contributed by atoms with Crippen molar-refractivity contribution in [1.29, 1.82) is 0 Å². The molecular weight excluding hydrogens is 494 g/mol. The van der Waals surface area contributed by atoms with Gasteiger partial charge >= 0.3 is 0 Å². The van der Waals surface area contributed by atoms with Crippen LogP contribution in [0.2, 0.25) is 0 Å². The van der Waals surface area contributed by atoms with Gasteiger partial charge in [0.25, 0.3) is 20.2 Å². The van der Waals surface area contributed by atoms with Gasteiger partial charge in [-0.1, -0.05) is 24.3 Å². The van der Waals surface area contributed by atoms with E-state index in [0.29, 0.717) is 16.8 Å². The molecule has 4 aromatic rings. The largest absolute Gasteiger partial charge is 0.398 e. The molecular formula is C22H17N5O6S2. The van der Waals surface area contributed by atoms with Crippen molar-refractivity contribution in [2.45, 2.75) is 9.79 Å². The summed E-state index contributed by atoms with van der Waals surface area (Å²) in [4.78, 5) is -0.928. The highest BCUT2D eigenvalue weighted by molar-refractivity contribution is 7.86. The molecule has 178 valence electrons. The molecule has 0 spiro atoms. The van der Waals surface area contributed by atoms with Crippen molar-refractivity contribution < 1.29 is 25.9 Å². The van der Waals surface area contributed by atoms with Crippen LogP contribution in [0.25, 0.3) is 10.8 Å². The van der Waals surface area contributed by atoms with Gasteiger partial charge in [-0.3, -0.25) is 9.11 Å². The second-order valence-electron chi connectivity index (χ2n) is 7.22. The predicted molar refractivity (Wildman–Crippen MR) is 129 cm³/mol. The molecule has 4 N–H and O–H groups in total. The van der Waals surface area contributed by atoms with Crippen molar-refractivity contribution in [1.82, 2.24) is 0 Å². The highest BCUT2D eigenvalue weighted by Crippen LogP contribution is 2.35. The van der Waals surface area contributed by atoms with Crippen LogP contribution in [0.3, 0.4) is 0 Å². The van der Waals surface area contributed by atoms with Gasteiger partial charge in [0.1, 0.15) is 10.6 Å². The fourth-order valence-electron chi connectivity index (χ4n) is 3.16. The molecule has 4 aromatic carbocycles. The fourth-order valence-corrected chi connectivity index (χ4v) is 4.30. The van der Waals surface area contributed by atoms with E-state index in [0.717, 1.165) is 6.07 Å². The average Bonchev–Trinajstić information content (AvgIpc) is 2.82. The Bertz CT molecular complexity index is 1700. The maximum absolute atomic E-state index is 12.0. The van der Waals surface area contributed by atoms with Crippen molar-refractivity contribution in [3.63, 3.8) is 0 Å². The lowest BCUT2D eigenvalue weighted by atomic mass is 10.1. The molecule has 0 unspecified atom stereocenters. The summed E-state index contributed by atoms with van der Waals surface area (Å²) in [5.41, 5.74) is 6.92. The Kier molecular flexibility index (Phi) is 6.41. The molecule has 35 heavy (non-hydrogen) atoms. The molecule has 0 fully saturated rings. The van der Waals surface area contributed by atoms with Crippen molar-refractivity contribution in [3.05, 3.63) is 78.9 Å². The maximum atomic E-state index is 12.0. The topological polar surface area (TPSA) is 184 Å². The first kappa shape index (κ1) is 24.1. The lowest BCUT2D eigenvalue weighted by Crippen LogP contribution is -1.98. The molecule has 0 atom stereocenters. The van der Waals surface area contributed by atoms with Crippen molar-refractivity contribution in [2.75, 3.05) is 5.73 Å². The van der Waals surface area contributed by atoms with Gasteiger partial charge in [0, 0.05) is 16.5 Å². The van der Waals surface area contributed by atoms with Gasteiger partial charge in [0.2, 0.25) is 0 Å². The molecule has 0 radical (unpaired) electrons. The standard InChI is InChI=1S/C22H17N5O6S2/c23-19-9-11-20(18-13-16(34(28,29)30)7-8-17(18)19)26-27-21-10-6-15(12-22(21)35(31,32)33)25-24-14-4-2-1-3-5-14/h1-13H,23H2,(H,28,29,30)(H,31,32,33)/b25-24+,27-26+. The van der Waals surface area contributed by atoms with Gasteiger partial charge in [-0.25, -0.2) is 0 Å². The Labute approximate surface area is 200 Å². The Morgan fingerprint density at radius 3 is 1.94 bits per heavy atom. The number of benzene rings is 4. The lowest BCUT2D eigenvalue weighted by molar-refractivity contribution is 0.481. The van der Waals surface area contributed by atoms with Crippen LogP contribution in [0, 0.1) is 0 Å². The van der Waals surface area contributed by atoms with Crippen LogP contribution in [-0.4, -0.2) is 25.9 Å². The summed E-state index contributed by atoms with van der Waals surface area (Å²) < 4.78 is 66.1. The summed E-state index contributed by atoms with van der Waals surface area (Å²) in [6, 6.07) is 19.3. The van der Waals surface area contributed by atoms with Gasteiger partial charge in [0.15, 0.2) is 0 Å². The Balaban J connectivity index is 1.77. The predicted octanol–water partition coefficient (Wildman–Crippen LogP) is 5.75. The SMILES string of the molecule is Nc1ccc(/N=N/c2ccc(/N=N/c3ccccc3)cc2S(=O)(=O)O)c2cc(S(=O)(=O)O)ccc12. The first-order chi connectivity index (χ1) is 16.5. The third-order valence-electron chi connectivity index (χ3n) is 4.82. The number of anilines is 1. The molecule has 0 amide bonds. The summed E-state index contributed by atoms with van der Waals surface area (Å²) in [5.74, 6) is 0. The zero-order valence-electron chi connectivity index (χ0n) is 17.7. The molecule has 0 aliphatic rings. The van der Waals surface area contributed by atoms with E-state index < -0.39 is 25.1 Å². The zero-order valence-corrected chi connectivity index (χ0v) is 19.3. The third-order valence-corrected chi connectivity index (χ3v) is 6.55. The Morgan fingerprint density at radius 2 is 1.26 bits per heavy atom. The maximum Gasteiger partial charge on any atom is 0.296 e. The second kappa shape index (κ2) is 9.31. The number of hydrogen-bond donors (Lipinski definition) is 3. The molecule has 0 aliphatic heterocycles. The van der Waals surface area contributed by atoms with E-state index in [4.69, 9.17) is 5.73 Å². The molecule has 0 aromatic heterocycles. The van der Waals surface area contributed by atoms with Gasteiger partial charge in [-0.2, -0.15) is 27.1 Å². The quantitative estimate of drug-likeness (QED) is 0.167. The van der Waals surface area contributed by atoms with E-state index in [1.54, 1.807) is 24.3 Å². The van der Waals surface area contributed by atoms with Crippen LogP contribution in [0.5, 0.6) is 0 Å². The number of rotatable bonds is 6. The number of azo groups is 2. The number of nitrogens with zero attached hydrogens (tertiary/aromatic N) is 4. The van der Waals surface area contributed by atoms with Crippen LogP contribution in [0.1, 0.15) is 0 Å². The van der Waals surface area contributed by atoms with Crippen molar-refractivity contribution in [3.8, 4) is 0 Å². The first-order valence-electron chi connectivity index (χ1n) is 9.82. The number of nitrogen functional groups attached to an aromatic ring is 1. The number of fused-ring (bicyclic) bond motifs is 1. The van der Waals surface area contributed by atoms with E-state index in [2.05, 4.69) is 20.5 Å². The van der Waals surface area contributed by atoms with Crippen molar-refractivity contribution >= 4 is 59.4 Å². The van der Waals surface area contributed by atoms with Crippen LogP contribution in [-0.2, 0) is 20.2 Å². The molecule has 13 heteroatoms. The Morgan fingerprint density at radius 1 is 0.600 bits per heavy atom. The van der Waals surface area contributed by atoms with E-state index in [1.165, 1.54) is 42.5 Å². The van der Waals surface area contributed by atoms with Crippen LogP contribution in [0.15, 0.2) is 109 Å². The molecule has 11 nitrogen and oxygen atoms in total. The van der Waals surface area contributed by atoms with Crippen LogP contribution < -0.4 is 5.73 Å². The summed E-state index contributed by atoms with van der Waals surface area (Å²) in [6.07, 6.45) is 0. The zero-order chi connectivity index (χ0) is 25.2. The van der Waals surface area contributed by atoms with Crippen LogP contribution in [0.4, 0.5) is 28.4 Å². The normalized spacial score (nSPS) is 12.6. The summed E-state index contributed by atoms with van der Waals surface area (Å²) in [7, 11) is -9.20. The van der Waals surface area contributed by atoms with Crippen LogP contribution >= 0.6 is 0 Å². The van der Waals surface area contributed by atoms with Gasteiger partial charge in [-0.05, 0) is 54.6 Å². The number of hydrogen-bond acceptors (Lipinski definition) is 9. The van der Waals surface area contributed by atoms with Gasteiger partial charge < -0.3 is 5.73 Å². The monoisotopic (exact) mass is 511 g/mol. The van der Waals surface area contributed by atoms with E-state index >= 15 is 0 Å². The number of nitrogens with two attached hydrogens (primary N) is 1. The highest BCUT2D eigenvalue weighted by atomic mass is 32.2. The second-order valence-corrected chi connectivity index (χ2v) is 10.0. The molecule has 0 bridgehead atoms. The minimum Gasteiger partial charge on any atom is -0.398 e. The smallest absolute Gasteiger partial charge is 0.296 e. The molecule has 0 heterocycles. The molecule has 0 saturated carbocycles. The summed E-state index contributed by atoms with van der Waals surface area (Å²) in [6.45, 7) is 0.